The van der Waals surface area contributed by atoms with Gasteiger partial charge in [-0.15, -0.1) is 0 Å². The van der Waals surface area contributed by atoms with Gasteiger partial charge in [-0.05, 0) is 12.8 Å². The van der Waals surface area contributed by atoms with Crippen LogP contribution < -0.4 is 10.2 Å². The van der Waals surface area contributed by atoms with Crippen molar-refractivity contribution in [3.63, 3.8) is 0 Å². The molecule has 2 aromatic heterocycles. The van der Waals surface area contributed by atoms with Crippen LogP contribution in [0.1, 0.15) is 12.8 Å². The van der Waals surface area contributed by atoms with Crippen LogP contribution >= 0.6 is 0 Å². The summed E-state index contributed by atoms with van der Waals surface area (Å²) in [4.78, 5) is 11.0. The van der Waals surface area contributed by atoms with Gasteiger partial charge in [-0.3, -0.25) is 5.10 Å². The van der Waals surface area contributed by atoms with E-state index in [1.165, 1.54) is 0 Å². The third-order valence-corrected chi connectivity index (χ3v) is 3.11. The van der Waals surface area contributed by atoms with Gasteiger partial charge in [0.2, 0.25) is 5.95 Å². The molecule has 18 heavy (non-hydrogen) atoms. The maximum absolute atomic E-state index is 9.20. The zero-order valence-corrected chi connectivity index (χ0v) is 10.2. The van der Waals surface area contributed by atoms with Crippen molar-refractivity contribution in [1.82, 2.24) is 20.2 Å². The molecule has 0 unspecified atom stereocenters. The summed E-state index contributed by atoms with van der Waals surface area (Å²) in [5.74, 6) is 1.40. The lowest BCUT2D eigenvalue weighted by molar-refractivity contribution is 0.301. The molecule has 1 fully saturated rings. The first kappa shape index (κ1) is 11.2. The molecule has 0 atom stereocenters. The van der Waals surface area contributed by atoms with E-state index in [0.717, 1.165) is 24.0 Å². The van der Waals surface area contributed by atoms with Crippen LogP contribution in [0.5, 0.6) is 0 Å². The molecule has 1 aliphatic carbocycles. The molecule has 1 aliphatic rings. The van der Waals surface area contributed by atoms with Crippen LogP contribution in [0.15, 0.2) is 6.20 Å². The van der Waals surface area contributed by atoms with Crippen LogP contribution in [0.4, 0.5) is 11.8 Å². The maximum atomic E-state index is 9.20. The summed E-state index contributed by atoms with van der Waals surface area (Å²) in [6, 6.07) is 0.481. The highest BCUT2D eigenvalue weighted by atomic mass is 16.3. The number of hydrogen-bond donors (Lipinski definition) is 3. The quantitative estimate of drug-likeness (QED) is 0.707. The number of nitrogens with zero attached hydrogens (tertiary/aromatic N) is 4. The van der Waals surface area contributed by atoms with Crippen LogP contribution in [0, 0.1) is 0 Å². The summed E-state index contributed by atoms with van der Waals surface area (Å²) in [7, 11) is 1.79. The van der Waals surface area contributed by atoms with E-state index in [-0.39, 0.29) is 6.61 Å². The fraction of sp³-hybridized carbons (Fsp3) is 0.545. The highest BCUT2D eigenvalue weighted by Gasteiger charge is 2.31. The van der Waals surface area contributed by atoms with Gasteiger partial charge < -0.3 is 15.3 Å². The van der Waals surface area contributed by atoms with Crippen molar-refractivity contribution < 1.29 is 5.11 Å². The zero-order chi connectivity index (χ0) is 12.5. The van der Waals surface area contributed by atoms with E-state index in [9.17, 15) is 5.11 Å². The van der Waals surface area contributed by atoms with Crippen molar-refractivity contribution >= 4 is 22.8 Å². The van der Waals surface area contributed by atoms with Gasteiger partial charge in [0.15, 0.2) is 5.65 Å². The van der Waals surface area contributed by atoms with Crippen LogP contribution in [-0.4, -0.2) is 51.5 Å². The summed E-state index contributed by atoms with van der Waals surface area (Å²) >= 11 is 0. The number of anilines is 2. The number of aliphatic hydroxyl groups excluding tert-OH is 1. The molecular weight excluding hydrogens is 232 g/mol. The van der Waals surface area contributed by atoms with E-state index < -0.39 is 0 Å². The SMILES string of the molecule is CNc1nc(N(CCO)C2CC2)c2cn[nH]c2n1. The average Bonchev–Trinajstić information content (AvgIpc) is 3.12. The Balaban J connectivity index is 2.09. The Kier molecular flexibility index (Phi) is 2.75. The molecule has 0 saturated heterocycles. The molecular formula is C11H16N6O. The van der Waals surface area contributed by atoms with Crippen molar-refractivity contribution in [2.24, 2.45) is 0 Å². The van der Waals surface area contributed by atoms with Crippen molar-refractivity contribution in [3.05, 3.63) is 6.20 Å². The monoisotopic (exact) mass is 248 g/mol. The number of H-pyrrole nitrogens is 1. The molecule has 2 aromatic rings. The molecule has 0 bridgehead atoms. The fourth-order valence-electron chi connectivity index (χ4n) is 2.11. The summed E-state index contributed by atoms with van der Waals surface area (Å²) in [5.41, 5.74) is 0.716. The molecule has 0 radical (unpaired) electrons. The highest BCUT2D eigenvalue weighted by molar-refractivity contribution is 5.87. The molecule has 2 heterocycles. The standard InChI is InChI=1S/C11H16N6O/c1-12-11-14-9-8(6-13-16-9)10(15-11)17(4-5-18)7-2-3-7/h6-7,18H,2-5H2,1H3,(H2,12,13,14,15,16). The molecule has 0 spiro atoms. The summed E-state index contributed by atoms with van der Waals surface area (Å²) in [5, 5.41) is 19.9. The second kappa shape index (κ2) is 4.41. The van der Waals surface area contributed by atoms with Gasteiger partial charge >= 0.3 is 0 Å². The van der Waals surface area contributed by atoms with Gasteiger partial charge in [0.25, 0.3) is 0 Å². The lowest BCUT2D eigenvalue weighted by Gasteiger charge is -2.23. The van der Waals surface area contributed by atoms with Gasteiger partial charge in [-0.2, -0.15) is 15.1 Å². The molecule has 3 N–H and O–H groups in total. The second-order valence-electron chi connectivity index (χ2n) is 4.40. The number of aromatic nitrogens is 4. The van der Waals surface area contributed by atoms with Gasteiger partial charge in [0, 0.05) is 19.6 Å². The summed E-state index contributed by atoms with van der Waals surface area (Å²) in [6.07, 6.45) is 4.04. The van der Waals surface area contributed by atoms with Crippen LogP contribution in [0.2, 0.25) is 0 Å². The van der Waals surface area contributed by atoms with Crippen molar-refractivity contribution in [2.75, 3.05) is 30.4 Å². The van der Waals surface area contributed by atoms with E-state index in [4.69, 9.17) is 0 Å². The molecule has 0 amide bonds. The van der Waals surface area contributed by atoms with E-state index in [1.54, 1.807) is 13.2 Å². The Morgan fingerprint density at radius 3 is 3.00 bits per heavy atom. The van der Waals surface area contributed by atoms with Crippen LogP contribution in [0.3, 0.4) is 0 Å². The van der Waals surface area contributed by atoms with Crippen LogP contribution in [-0.2, 0) is 0 Å². The van der Waals surface area contributed by atoms with E-state index in [1.807, 2.05) is 0 Å². The predicted molar refractivity (Wildman–Crippen MR) is 68.7 cm³/mol. The number of aliphatic hydroxyl groups is 1. The molecule has 1 saturated carbocycles. The first-order valence-electron chi connectivity index (χ1n) is 6.10. The first-order valence-corrected chi connectivity index (χ1v) is 6.10. The topological polar surface area (TPSA) is 90.0 Å². The Morgan fingerprint density at radius 2 is 2.33 bits per heavy atom. The van der Waals surface area contributed by atoms with E-state index in [2.05, 4.69) is 30.4 Å². The molecule has 7 nitrogen and oxygen atoms in total. The minimum absolute atomic E-state index is 0.120. The minimum atomic E-state index is 0.120. The Morgan fingerprint density at radius 1 is 1.50 bits per heavy atom. The number of nitrogens with one attached hydrogen (secondary N) is 2. The van der Waals surface area contributed by atoms with Crippen molar-refractivity contribution in [2.45, 2.75) is 18.9 Å². The van der Waals surface area contributed by atoms with Crippen molar-refractivity contribution in [3.8, 4) is 0 Å². The largest absolute Gasteiger partial charge is 0.395 e. The number of fused-ring (bicyclic) bond motifs is 1. The lowest BCUT2D eigenvalue weighted by Crippen LogP contribution is -2.30. The zero-order valence-electron chi connectivity index (χ0n) is 10.2. The number of rotatable bonds is 5. The molecule has 0 aromatic carbocycles. The maximum Gasteiger partial charge on any atom is 0.226 e. The summed E-state index contributed by atoms with van der Waals surface area (Å²) in [6.45, 7) is 0.708. The summed E-state index contributed by atoms with van der Waals surface area (Å²) < 4.78 is 0. The first-order chi connectivity index (χ1) is 8.83. The lowest BCUT2D eigenvalue weighted by atomic mass is 10.3. The van der Waals surface area contributed by atoms with Crippen LogP contribution in [0.25, 0.3) is 11.0 Å². The molecule has 0 aliphatic heterocycles. The average molecular weight is 248 g/mol. The third kappa shape index (κ3) is 1.86. The van der Waals surface area contributed by atoms with Gasteiger partial charge in [0.05, 0.1) is 18.2 Å². The van der Waals surface area contributed by atoms with Crippen molar-refractivity contribution in [1.29, 1.82) is 0 Å². The van der Waals surface area contributed by atoms with E-state index >= 15 is 0 Å². The number of aromatic amines is 1. The Bertz CT molecular complexity index is 549. The Hall–Kier alpha value is -1.89. The van der Waals surface area contributed by atoms with E-state index in [0.29, 0.717) is 24.2 Å². The van der Waals surface area contributed by atoms with Gasteiger partial charge in [-0.1, -0.05) is 0 Å². The minimum Gasteiger partial charge on any atom is -0.395 e. The predicted octanol–water partition coefficient (Wildman–Crippen LogP) is 0.356. The van der Waals surface area contributed by atoms with Gasteiger partial charge in [-0.25, -0.2) is 0 Å². The smallest absolute Gasteiger partial charge is 0.226 e. The normalized spacial score (nSPS) is 15.0. The molecule has 96 valence electrons. The Labute approximate surface area is 104 Å². The highest BCUT2D eigenvalue weighted by Crippen LogP contribution is 2.33. The third-order valence-electron chi connectivity index (χ3n) is 3.11. The number of hydrogen-bond acceptors (Lipinski definition) is 6. The fourth-order valence-corrected chi connectivity index (χ4v) is 2.11. The molecule has 3 rings (SSSR count). The van der Waals surface area contributed by atoms with Gasteiger partial charge in [0.1, 0.15) is 5.82 Å². The second-order valence-corrected chi connectivity index (χ2v) is 4.40. The molecule has 7 heteroatoms.